The van der Waals surface area contributed by atoms with Gasteiger partial charge in [-0.05, 0) is 75.5 Å². The number of nitrogens with one attached hydrogen (secondary N) is 2. The fraction of sp³-hybridized carbons (Fsp3) is 0.167. The van der Waals surface area contributed by atoms with Crippen LogP contribution in [0.3, 0.4) is 0 Å². The third-order valence-corrected chi connectivity index (χ3v) is 15.5. The molecule has 2 N–H and O–H groups in total. The molecule has 2 atom stereocenters. The van der Waals surface area contributed by atoms with Crippen molar-refractivity contribution in [1.29, 1.82) is 0 Å². The molecule has 0 saturated carbocycles. The number of para-hydroxylation sites is 2. The van der Waals surface area contributed by atoms with Crippen molar-refractivity contribution in [3.63, 3.8) is 0 Å². The summed E-state index contributed by atoms with van der Waals surface area (Å²) in [4.78, 5) is 6.75. The Balaban J connectivity index is 1.01. The first-order chi connectivity index (χ1) is 28.2. The molecule has 6 aromatic carbocycles. The first-order valence-corrected chi connectivity index (χ1v) is 22.9. The molecule has 8 aromatic rings. The van der Waals surface area contributed by atoms with Crippen LogP contribution in [0, 0.1) is 0 Å². The number of rotatable bonds is 9. The van der Waals surface area contributed by atoms with E-state index < -0.39 is 32.1 Å². The monoisotopic (exact) mass is 802 g/mol. The van der Waals surface area contributed by atoms with Gasteiger partial charge < -0.3 is 9.97 Å². The maximum atomic E-state index is 14.6. The molecular weight excluding hydrogens is 761 g/mol. The molecule has 2 aliphatic heterocycles. The molecule has 0 fully saturated rings. The standard InChI is InChI=1S/C48H42N4O4S2/c53-57(54,31-33-11-2-1-3-12-33)52-26-24-36-21-22-38(28-42(36)48(52)44-30-50-46-20-9-7-18-41(44)46)37-15-10-13-34(27-37)32-58(55,56)51-25-23-35-14-4-5-16-39(35)47(51)43-29-49-45-19-8-6-17-40(43)45/h1-22,27-30,47-50H,23-26,31-32H2/t47-,48+/m1/s1. The highest BCUT2D eigenvalue weighted by molar-refractivity contribution is 7.88. The molecule has 58 heavy (non-hydrogen) atoms. The summed E-state index contributed by atoms with van der Waals surface area (Å²) >= 11 is 0. The second-order valence-corrected chi connectivity index (χ2v) is 19.3. The Morgan fingerprint density at radius 3 is 1.66 bits per heavy atom. The van der Waals surface area contributed by atoms with Crippen molar-refractivity contribution in [1.82, 2.24) is 18.6 Å². The van der Waals surface area contributed by atoms with Crippen molar-refractivity contribution in [2.24, 2.45) is 0 Å². The Morgan fingerprint density at radius 1 is 0.466 bits per heavy atom. The van der Waals surface area contributed by atoms with Crippen LogP contribution in [0.1, 0.15) is 56.6 Å². The number of H-pyrrole nitrogens is 2. The maximum absolute atomic E-state index is 14.6. The molecule has 290 valence electrons. The lowest BCUT2D eigenvalue weighted by molar-refractivity contribution is 0.345. The van der Waals surface area contributed by atoms with Crippen molar-refractivity contribution in [3.05, 3.63) is 202 Å². The van der Waals surface area contributed by atoms with E-state index in [4.69, 9.17) is 0 Å². The summed E-state index contributed by atoms with van der Waals surface area (Å²) in [5.74, 6) is -0.252. The van der Waals surface area contributed by atoms with Crippen LogP contribution < -0.4 is 0 Å². The van der Waals surface area contributed by atoms with Gasteiger partial charge in [0.1, 0.15) is 0 Å². The Labute approximate surface area is 338 Å². The van der Waals surface area contributed by atoms with E-state index >= 15 is 0 Å². The summed E-state index contributed by atoms with van der Waals surface area (Å²) in [7, 11) is -7.55. The zero-order chi connectivity index (χ0) is 39.4. The van der Waals surface area contributed by atoms with Crippen LogP contribution in [0.15, 0.2) is 158 Å². The summed E-state index contributed by atoms with van der Waals surface area (Å²) in [5.41, 5.74) is 11.2. The van der Waals surface area contributed by atoms with Gasteiger partial charge in [0.15, 0.2) is 0 Å². The number of hydrogen-bond donors (Lipinski definition) is 2. The lowest BCUT2D eigenvalue weighted by atomic mass is 9.87. The molecule has 10 rings (SSSR count). The van der Waals surface area contributed by atoms with Gasteiger partial charge in [-0.1, -0.05) is 127 Å². The van der Waals surface area contributed by atoms with Crippen LogP contribution in [-0.4, -0.2) is 48.5 Å². The largest absolute Gasteiger partial charge is 0.361 e. The molecule has 0 unspecified atom stereocenters. The van der Waals surface area contributed by atoms with Gasteiger partial charge in [0, 0.05) is 58.4 Å². The van der Waals surface area contributed by atoms with E-state index in [-0.39, 0.29) is 11.5 Å². The molecule has 0 radical (unpaired) electrons. The second kappa shape index (κ2) is 14.6. The third kappa shape index (κ3) is 6.56. The maximum Gasteiger partial charge on any atom is 0.219 e. The van der Waals surface area contributed by atoms with E-state index in [2.05, 4.69) is 40.3 Å². The zero-order valence-electron chi connectivity index (χ0n) is 31.8. The van der Waals surface area contributed by atoms with Crippen LogP contribution >= 0.6 is 0 Å². The van der Waals surface area contributed by atoms with Crippen molar-refractivity contribution in [3.8, 4) is 11.1 Å². The van der Waals surface area contributed by atoms with E-state index in [0.29, 0.717) is 31.5 Å². The van der Waals surface area contributed by atoms with Gasteiger partial charge in [-0.25, -0.2) is 16.8 Å². The average Bonchev–Trinajstić information content (AvgIpc) is 3.87. The van der Waals surface area contributed by atoms with Crippen molar-refractivity contribution >= 4 is 41.9 Å². The third-order valence-electron chi connectivity index (χ3n) is 11.9. The second-order valence-electron chi connectivity index (χ2n) is 15.4. The summed E-state index contributed by atoms with van der Waals surface area (Å²) in [6.45, 7) is 0.743. The van der Waals surface area contributed by atoms with Crippen molar-refractivity contribution in [2.75, 3.05) is 13.1 Å². The number of benzene rings is 6. The SMILES string of the molecule is O=S(=O)(Cc1cccc(-c2ccc3c(c2)[C@@H](c2c[nH]c4ccccc24)N(S(=O)(=O)Cc2ccccc2)CC3)c1)N1CCc2ccccc2[C@@H]1c1c[nH]c2ccccc12. The van der Waals surface area contributed by atoms with Crippen LogP contribution in [0.4, 0.5) is 0 Å². The van der Waals surface area contributed by atoms with Gasteiger partial charge in [0.05, 0.1) is 23.6 Å². The van der Waals surface area contributed by atoms with Crippen LogP contribution in [0.5, 0.6) is 0 Å². The Morgan fingerprint density at radius 2 is 0.983 bits per heavy atom. The fourth-order valence-electron chi connectivity index (χ4n) is 9.20. The topological polar surface area (TPSA) is 106 Å². The van der Waals surface area contributed by atoms with Crippen LogP contribution in [-0.2, 0) is 44.4 Å². The van der Waals surface area contributed by atoms with Crippen LogP contribution in [0.25, 0.3) is 32.9 Å². The summed E-state index contributed by atoms with van der Waals surface area (Å²) in [6, 6.07) is 46.5. The molecule has 2 aliphatic rings. The molecule has 8 nitrogen and oxygen atoms in total. The van der Waals surface area contributed by atoms with E-state index in [9.17, 15) is 16.8 Å². The lowest BCUT2D eigenvalue weighted by Gasteiger charge is -2.37. The van der Waals surface area contributed by atoms with Gasteiger partial charge in [0.25, 0.3) is 0 Å². The predicted octanol–water partition coefficient (Wildman–Crippen LogP) is 9.27. The van der Waals surface area contributed by atoms with E-state index in [1.807, 2.05) is 128 Å². The summed E-state index contributed by atoms with van der Waals surface area (Å²) in [5, 5.41) is 1.99. The quantitative estimate of drug-likeness (QED) is 0.152. The van der Waals surface area contributed by atoms with Crippen molar-refractivity contribution < 1.29 is 16.8 Å². The summed E-state index contributed by atoms with van der Waals surface area (Å²) < 4.78 is 61.3. The van der Waals surface area contributed by atoms with E-state index in [1.54, 1.807) is 8.61 Å². The first-order valence-electron chi connectivity index (χ1n) is 19.7. The highest BCUT2D eigenvalue weighted by Crippen LogP contribution is 2.43. The number of aromatic nitrogens is 2. The number of sulfonamides is 2. The molecule has 4 heterocycles. The van der Waals surface area contributed by atoms with Gasteiger partial charge in [0.2, 0.25) is 20.0 Å². The zero-order valence-corrected chi connectivity index (χ0v) is 33.4. The summed E-state index contributed by atoms with van der Waals surface area (Å²) in [6.07, 6.45) is 5.11. The number of nitrogens with zero attached hydrogens (tertiary/aromatic N) is 2. The highest BCUT2D eigenvalue weighted by atomic mass is 32.2. The Hall–Kier alpha value is -5.78. The van der Waals surface area contributed by atoms with Gasteiger partial charge in [-0.15, -0.1) is 0 Å². The smallest absolute Gasteiger partial charge is 0.219 e. The first kappa shape index (κ1) is 36.6. The highest BCUT2D eigenvalue weighted by Gasteiger charge is 2.39. The number of hydrogen-bond acceptors (Lipinski definition) is 4. The van der Waals surface area contributed by atoms with E-state index in [0.717, 1.165) is 71.9 Å². The molecule has 0 saturated heterocycles. The average molecular weight is 803 g/mol. The molecule has 0 bridgehead atoms. The Kier molecular flexibility index (Phi) is 9.17. The number of fused-ring (bicyclic) bond motifs is 4. The lowest BCUT2D eigenvalue weighted by Crippen LogP contribution is -2.41. The van der Waals surface area contributed by atoms with E-state index in [1.165, 1.54) is 0 Å². The molecule has 2 aromatic heterocycles. The van der Waals surface area contributed by atoms with Gasteiger partial charge >= 0.3 is 0 Å². The van der Waals surface area contributed by atoms with Crippen LogP contribution in [0.2, 0.25) is 0 Å². The van der Waals surface area contributed by atoms with Gasteiger partial charge in [-0.3, -0.25) is 0 Å². The number of aromatic amines is 2. The normalized spacial score (nSPS) is 17.7. The molecule has 0 amide bonds. The molecule has 10 heteroatoms. The molecule has 0 spiro atoms. The minimum atomic E-state index is -3.80. The molecule has 0 aliphatic carbocycles. The molecular formula is C48H42N4O4S2. The minimum absolute atomic E-state index is 0.0952. The van der Waals surface area contributed by atoms with Gasteiger partial charge in [-0.2, -0.15) is 8.61 Å². The predicted molar refractivity (Wildman–Crippen MR) is 231 cm³/mol. The fourth-order valence-corrected chi connectivity index (χ4v) is 12.6. The Bertz CT molecular complexity index is 3050. The van der Waals surface area contributed by atoms with Crippen molar-refractivity contribution in [2.45, 2.75) is 36.4 Å². The minimum Gasteiger partial charge on any atom is -0.361 e.